The van der Waals surface area contributed by atoms with Crippen molar-refractivity contribution in [3.63, 3.8) is 0 Å². The second kappa shape index (κ2) is 6.13. The van der Waals surface area contributed by atoms with E-state index in [4.69, 9.17) is 11.5 Å². The van der Waals surface area contributed by atoms with Gasteiger partial charge < -0.3 is 16.4 Å². The van der Waals surface area contributed by atoms with Crippen molar-refractivity contribution >= 4 is 23.6 Å². The zero-order valence-electron chi connectivity index (χ0n) is 11.4. The van der Waals surface area contributed by atoms with E-state index in [1.165, 1.54) is 0 Å². The third-order valence-corrected chi connectivity index (χ3v) is 5.54. The summed E-state index contributed by atoms with van der Waals surface area (Å²) in [5.74, 6) is -0.501. The smallest absolute Gasteiger partial charge is 0.241 e. The maximum absolute atomic E-state index is 12.4. The molecule has 0 aromatic carbocycles. The maximum atomic E-state index is 12.4. The number of primary amides is 1. The lowest BCUT2D eigenvalue weighted by atomic mass is 9.99. The predicted molar refractivity (Wildman–Crippen MR) is 76.3 cm³/mol. The molecule has 0 spiro atoms. The number of fused-ring (bicyclic) bond motifs is 1. The van der Waals surface area contributed by atoms with Crippen LogP contribution in [0.5, 0.6) is 0 Å². The van der Waals surface area contributed by atoms with Gasteiger partial charge in [0.05, 0.1) is 11.4 Å². The van der Waals surface area contributed by atoms with Gasteiger partial charge in [-0.2, -0.15) is 0 Å². The van der Waals surface area contributed by atoms with Crippen LogP contribution in [0.1, 0.15) is 45.4 Å². The Morgan fingerprint density at radius 3 is 2.84 bits per heavy atom. The number of nitrogens with two attached hydrogens (primary N) is 2. The quantitative estimate of drug-likeness (QED) is 0.803. The number of thioether (sulfide) groups is 1. The molecule has 0 aromatic rings. The van der Waals surface area contributed by atoms with Crippen LogP contribution in [0, 0.1) is 0 Å². The third-order valence-electron chi connectivity index (χ3n) is 3.95. The van der Waals surface area contributed by atoms with Crippen LogP contribution < -0.4 is 11.5 Å². The molecule has 3 unspecified atom stereocenters. The van der Waals surface area contributed by atoms with E-state index in [1.54, 1.807) is 16.7 Å². The first-order valence-electron chi connectivity index (χ1n) is 7.07. The molecule has 0 radical (unpaired) electrons. The zero-order chi connectivity index (χ0) is 14.0. The van der Waals surface area contributed by atoms with Gasteiger partial charge in [-0.3, -0.25) is 9.59 Å². The number of piperidine rings is 1. The van der Waals surface area contributed by atoms with Crippen LogP contribution in [0.3, 0.4) is 0 Å². The number of amides is 2. The van der Waals surface area contributed by atoms with Gasteiger partial charge in [-0.05, 0) is 32.1 Å². The lowest BCUT2D eigenvalue weighted by Crippen LogP contribution is -2.57. The fourth-order valence-corrected chi connectivity index (χ4v) is 4.85. The van der Waals surface area contributed by atoms with Crippen LogP contribution in [0.2, 0.25) is 0 Å². The Hall–Kier alpha value is -0.750. The largest absolute Gasteiger partial charge is 0.368 e. The molecule has 19 heavy (non-hydrogen) atoms. The van der Waals surface area contributed by atoms with Crippen molar-refractivity contribution in [2.24, 2.45) is 11.5 Å². The van der Waals surface area contributed by atoms with E-state index < -0.39 is 18.0 Å². The fraction of sp³-hybridized carbons (Fsp3) is 0.846. The Bertz CT molecular complexity index is 364. The monoisotopic (exact) mass is 285 g/mol. The number of hydrogen-bond acceptors (Lipinski definition) is 4. The average Bonchev–Trinajstić information content (AvgIpc) is 2.48. The van der Waals surface area contributed by atoms with E-state index in [2.05, 4.69) is 6.92 Å². The Labute approximate surface area is 118 Å². The van der Waals surface area contributed by atoms with E-state index in [0.717, 1.165) is 25.7 Å². The third kappa shape index (κ3) is 3.05. The van der Waals surface area contributed by atoms with Crippen molar-refractivity contribution in [3.8, 4) is 0 Å². The molecule has 2 amide bonds. The summed E-state index contributed by atoms with van der Waals surface area (Å²) in [5, 5.41) is 0.481. The van der Waals surface area contributed by atoms with Gasteiger partial charge in [-0.1, -0.05) is 13.3 Å². The summed E-state index contributed by atoms with van der Waals surface area (Å²) in [5.41, 5.74) is 11.5. The minimum atomic E-state index is -0.492. The van der Waals surface area contributed by atoms with E-state index in [9.17, 15) is 9.59 Å². The van der Waals surface area contributed by atoms with Gasteiger partial charge in [-0.25, -0.2) is 0 Å². The van der Waals surface area contributed by atoms with Crippen LogP contribution in [0.25, 0.3) is 0 Å². The predicted octanol–water partition coefficient (Wildman–Crippen LogP) is 0.812. The minimum absolute atomic E-state index is 0.0730. The van der Waals surface area contributed by atoms with Crippen LogP contribution in [-0.2, 0) is 9.59 Å². The molecule has 2 aliphatic rings. The summed E-state index contributed by atoms with van der Waals surface area (Å²) in [6.07, 6.45) is 5.41. The van der Waals surface area contributed by atoms with E-state index in [0.29, 0.717) is 18.1 Å². The first-order chi connectivity index (χ1) is 9.04. The molecular formula is C13H23N3O2S. The van der Waals surface area contributed by atoms with Gasteiger partial charge in [0.1, 0.15) is 6.04 Å². The highest BCUT2D eigenvalue weighted by Crippen LogP contribution is 2.38. The van der Waals surface area contributed by atoms with Crippen LogP contribution in [0.4, 0.5) is 0 Å². The highest BCUT2D eigenvalue weighted by Gasteiger charge is 2.42. The molecule has 0 aromatic heterocycles. The number of hydrogen-bond donors (Lipinski definition) is 2. The molecule has 0 aliphatic carbocycles. The van der Waals surface area contributed by atoms with E-state index >= 15 is 0 Å². The van der Waals surface area contributed by atoms with Crippen molar-refractivity contribution < 1.29 is 9.59 Å². The highest BCUT2D eigenvalue weighted by atomic mass is 32.2. The van der Waals surface area contributed by atoms with Gasteiger partial charge in [0.15, 0.2) is 0 Å². The normalized spacial score (nSPS) is 35.7. The van der Waals surface area contributed by atoms with E-state index in [1.807, 2.05) is 0 Å². The molecular weight excluding hydrogens is 262 g/mol. The number of nitrogens with zero attached hydrogens (tertiary/aromatic N) is 1. The molecule has 2 heterocycles. The topological polar surface area (TPSA) is 89.4 Å². The first kappa shape index (κ1) is 14.7. The summed E-state index contributed by atoms with van der Waals surface area (Å²) in [4.78, 5) is 25.7. The molecule has 6 heteroatoms. The van der Waals surface area contributed by atoms with Crippen molar-refractivity contribution in [2.75, 3.05) is 0 Å². The molecule has 108 valence electrons. The van der Waals surface area contributed by atoms with Crippen molar-refractivity contribution in [2.45, 2.75) is 68.2 Å². The zero-order valence-corrected chi connectivity index (χ0v) is 12.2. The molecule has 2 fully saturated rings. The molecule has 4 N–H and O–H groups in total. The Morgan fingerprint density at radius 2 is 2.21 bits per heavy atom. The van der Waals surface area contributed by atoms with Crippen LogP contribution in [0.15, 0.2) is 0 Å². The number of rotatable bonds is 3. The first-order valence-corrected chi connectivity index (χ1v) is 8.01. The summed E-state index contributed by atoms with van der Waals surface area (Å²) in [6.45, 7) is 2.14. The molecule has 2 aliphatic heterocycles. The van der Waals surface area contributed by atoms with Crippen LogP contribution >= 0.6 is 11.8 Å². The maximum Gasteiger partial charge on any atom is 0.241 e. The Morgan fingerprint density at radius 1 is 1.47 bits per heavy atom. The standard InChI is InChI=1S/C13H23N3O2S/c1-2-4-8-7-9(14)13(18)16-10(12(15)17)5-3-6-11(16)19-8/h8-11H,2-7,14H2,1H3,(H2,15,17)/t8?,9?,10?,11-/m0/s1. The highest BCUT2D eigenvalue weighted by molar-refractivity contribution is 8.00. The number of carbonyl (C=O) groups excluding carboxylic acids is 2. The summed E-state index contributed by atoms with van der Waals surface area (Å²) in [6, 6.07) is -0.959. The summed E-state index contributed by atoms with van der Waals surface area (Å²) < 4.78 is 0. The van der Waals surface area contributed by atoms with Crippen LogP contribution in [-0.4, -0.2) is 39.4 Å². The molecule has 5 nitrogen and oxygen atoms in total. The van der Waals surface area contributed by atoms with Gasteiger partial charge >= 0.3 is 0 Å². The summed E-state index contributed by atoms with van der Waals surface area (Å²) in [7, 11) is 0. The lowest BCUT2D eigenvalue weighted by Gasteiger charge is -2.40. The second-order valence-corrected chi connectivity index (χ2v) is 6.92. The Balaban J connectivity index is 2.22. The molecule has 2 saturated heterocycles. The van der Waals surface area contributed by atoms with Gasteiger partial charge in [-0.15, -0.1) is 11.8 Å². The summed E-state index contributed by atoms with van der Waals surface area (Å²) >= 11 is 1.81. The fourth-order valence-electron chi connectivity index (χ4n) is 3.03. The van der Waals surface area contributed by atoms with E-state index in [-0.39, 0.29) is 11.3 Å². The lowest BCUT2D eigenvalue weighted by molar-refractivity contribution is -0.142. The number of carbonyl (C=O) groups is 2. The van der Waals surface area contributed by atoms with Gasteiger partial charge in [0.2, 0.25) is 11.8 Å². The van der Waals surface area contributed by atoms with Crippen molar-refractivity contribution in [1.29, 1.82) is 0 Å². The second-order valence-electron chi connectivity index (χ2n) is 5.44. The molecule has 4 atom stereocenters. The molecule has 0 bridgehead atoms. The van der Waals surface area contributed by atoms with Crippen molar-refractivity contribution in [3.05, 3.63) is 0 Å². The SMILES string of the molecule is CCCC1CC(N)C(=O)N2C(C(N)=O)CCC[C@@H]2S1. The Kier molecular flexibility index (Phi) is 4.73. The minimum Gasteiger partial charge on any atom is -0.368 e. The molecule has 0 saturated carbocycles. The van der Waals surface area contributed by atoms with Gasteiger partial charge in [0, 0.05) is 5.25 Å². The average molecular weight is 285 g/mol. The molecule has 2 rings (SSSR count). The van der Waals surface area contributed by atoms with Crippen molar-refractivity contribution in [1.82, 2.24) is 4.90 Å². The van der Waals surface area contributed by atoms with Gasteiger partial charge in [0.25, 0.3) is 0 Å².